The van der Waals surface area contributed by atoms with E-state index in [1.165, 1.54) is 38.1 Å². The number of carboxylic acid groups (broad SMARTS) is 2. The van der Waals surface area contributed by atoms with E-state index in [2.05, 4.69) is 16.0 Å². The minimum Gasteiger partial charge on any atom is -0.508 e. The lowest BCUT2D eigenvalue weighted by Crippen LogP contribution is -2.58. The molecule has 198 valence electrons. The third kappa shape index (κ3) is 9.97. The zero-order chi connectivity index (χ0) is 27.6. The van der Waals surface area contributed by atoms with E-state index in [0.717, 1.165) is 0 Å². The fourth-order valence-electron chi connectivity index (χ4n) is 3.09. The van der Waals surface area contributed by atoms with Crippen LogP contribution >= 0.6 is 0 Å². The van der Waals surface area contributed by atoms with E-state index in [1.54, 1.807) is 0 Å². The maximum Gasteiger partial charge on any atom is 0.326 e. The number of carbonyl (C=O) groups excluding carboxylic acids is 4. The number of nitrogens with one attached hydrogen (secondary N) is 3. The van der Waals surface area contributed by atoms with Crippen molar-refractivity contribution in [2.24, 2.45) is 17.4 Å². The van der Waals surface area contributed by atoms with Crippen molar-refractivity contribution < 1.29 is 44.1 Å². The Morgan fingerprint density at radius 2 is 1.33 bits per heavy atom. The number of aromatic hydroxyl groups is 1. The predicted octanol–water partition coefficient (Wildman–Crippen LogP) is -2.19. The van der Waals surface area contributed by atoms with Crippen molar-refractivity contribution in [1.82, 2.24) is 16.0 Å². The van der Waals surface area contributed by atoms with Crippen LogP contribution in [-0.4, -0.2) is 75.1 Å². The second kappa shape index (κ2) is 13.6. The summed E-state index contributed by atoms with van der Waals surface area (Å²) in [6.07, 6.45) is -1.57. The Labute approximate surface area is 206 Å². The van der Waals surface area contributed by atoms with Gasteiger partial charge in [0.05, 0.1) is 18.9 Å². The molecule has 0 aromatic heterocycles. The minimum atomic E-state index is -1.71. The molecule has 1 aromatic rings. The van der Waals surface area contributed by atoms with Gasteiger partial charge in [0.15, 0.2) is 0 Å². The Kier molecular flexibility index (Phi) is 11.3. The molecule has 0 aliphatic rings. The SMILES string of the molecule is CC(C)C(NC(=O)C(CC(=O)O)NC(=O)C(CC(N)=O)NC(=O)C(N)Cc1ccc(O)cc1)C(=O)O. The molecule has 0 saturated heterocycles. The van der Waals surface area contributed by atoms with E-state index >= 15 is 0 Å². The minimum absolute atomic E-state index is 0.0120. The van der Waals surface area contributed by atoms with Crippen LogP contribution < -0.4 is 27.4 Å². The van der Waals surface area contributed by atoms with Crippen molar-refractivity contribution in [3.05, 3.63) is 29.8 Å². The number of carbonyl (C=O) groups is 6. The molecule has 0 radical (unpaired) electrons. The summed E-state index contributed by atoms with van der Waals surface area (Å²) < 4.78 is 0. The number of aliphatic carboxylic acids is 2. The molecule has 10 N–H and O–H groups in total. The number of phenols is 1. The first-order chi connectivity index (χ1) is 16.7. The Morgan fingerprint density at radius 3 is 1.81 bits per heavy atom. The van der Waals surface area contributed by atoms with Gasteiger partial charge in [0, 0.05) is 0 Å². The number of carboxylic acids is 2. The average molecular weight is 510 g/mol. The van der Waals surface area contributed by atoms with E-state index in [0.29, 0.717) is 5.56 Å². The number of hydrogen-bond acceptors (Lipinski definition) is 8. The van der Waals surface area contributed by atoms with Gasteiger partial charge in [-0.25, -0.2) is 4.79 Å². The van der Waals surface area contributed by atoms with E-state index in [1.807, 2.05) is 0 Å². The number of phenolic OH excluding ortho intramolecular Hbond substituents is 1. The van der Waals surface area contributed by atoms with Crippen LogP contribution in [0.15, 0.2) is 24.3 Å². The van der Waals surface area contributed by atoms with E-state index < -0.39 is 78.5 Å². The number of amides is 4. The van der Waals surface area contributed by atoms with Gasteiger partial charge >= 0.3 is 11.9 Å². The van der Waals surface area contributed by atoms with Gasteiger partial charge in [0.25, 0.3) is 0 Å². The molecule has 4 unspecified atom stereocenters. The normalized spacial score (nSPS) is 14.1. The first kappa shape index (κ1) is 29.8. The number of rotatable bonds is 14. The number of benzene rings is 1. The highest BCUT2D eigenvalue weighted by Crippen LogP contribution is 2.11. The van der Waals surface area contributed by atoms with Crippen LogP contribution in [0.2, 0.25) is 0 Å². The first-order valence-electron chi connectivity index (χ1n) is 10.9. The Bertz CT molecular complexity index is 981. The summed E-state index contributed by atoms with van der Waals surface area (Å²) in [5, 5.41) is 34.3. The van der Waals surface area contributed by atoms with Crippen LogP contribution in [0.4, 0.5) is 0 Å². The molecule has 1 rings (SSSR count). The Balaban J connectivity index is 2.99. The molecule has 14 nitrogen and oxygen atoms in total. The lowest BCUT2D eigenvalue weighted by atomic mass is 10.0. The summed E-state index contributed by atoms with van der Waals surface area (Å²) in [5.41, 5.74) is 11.6. The van der Waals surface area contributed by atoms with Gasteiger partial charge in [-0.15, -0.1) is 0 Å². The highest BCUT2D eigenvalue weighted by Gasteiger charge is 2.33. The standard InChI is InChI=1S/C22H31N5O9/c1-10(2)18(22(35)36)27-21(34)15(9-17(30)31)26-20(33)14(8-16(24)29)25-19(32)13(23)7-11-3-5-12(28)6-4-11/h3-6,10,13-15,18,28H,7-9,23H2,1-2H3,(H2,24,29)(H,25,32)(H,26,33)(H,27,34)(H,30,31)(H,35,36). The highest BCUT2D eigenvalue weighted by atomic mass is 16.4. The van der Waals surface area contributed by atoms with Crippen LogP contribution in [0.25, 0.3) is 0 Å². The number of primary amides is 1. The second-order valence-corrected chi connectivity index (χ2v) is 8.44. The van der Waals surface area contributed by atoms with Crippen molar-refractivity contribution in [2.75, 3.05) is 0 Å². The summed E-state index contributed by atoms with van der Waals surface area (Å²) >= 11 is 0. The predicted molar refractivity (Wildman–Crippen MR) is 124 cm³/mol. The quantitative estimate of drug-likeness (QED) is 0.134. The highest BCUT2D eigenvalue weighted by molar-refractivity contribution is 5.97. The molecule has 0 bridgehead atoms. The third-order valence-electron chi connectivity index (χ3n) is 5.01. The van der Waals surface area contributed by atoms with Crippen LogP contribution in [0.1, 0.15) is 32.3 Å². The van der Waals surface area contributed by atoms with Gasteiger partial charge in [-0.3, -0.25) is 24.0 Å². The topological polar surface area (TPSA) is 251 Å². The van der Waals surface area contributed by atoms with E-state index in [9.17, 15) is 39.0 Å². The zero-order valence-electron chi connectivity index (χ0n) is 19.8. The molecule has 4 atom stereocenters. The summed E-state index contributed by atoms with van der Waals surface area (Å²) in [4.78, 5) is 72.0. The molecule has 0 aliphatic heterocycles. The lowest BCUT2D eigenvalue weighted by molar-refractivity contribution is -0.144. The average Bonchev–Trinajstić information content (AvgIpc) is 2.76. The van der Waals surface area contributed by atoms with Crippen LogP contribution in [0.3, 0.4) is 0 Å². The van der Waals surface area contributed by atoms with Gasteiger partial charge < -0.3 is 42.7 Å². The summed E-state index contributed by atoms with van der Waals surface area (Å²) in [5.74, 6) is -7.38. The van der Waals surface area contributed by atoms with Gasteiger partial charge in [0.2, 0.25) is 23.6 Å². The van der Waals surface area contributed by atoms with Gasteiger partial charge in [-0.2, -0.15) is 0 Å². The fraction of sp³-hybridized carbons (Fsp3) is 0.455. The van der Waals surface area contributed by atoms with Crippen LogP contribution in [0, 0.1) is 5.92 Å². The maximum atomic E-state index is 12.8. The number of nitrogens with two attached hydrogens (primary N) is 2. The van der Waals surface area contributed by atoms with Gasteiger partial charge in [0.1, 0.15) is 23.9 Å². The molecular weight excluding hydrogens is 478 g/mol. The lowest BCUT2D eigenvalue weighted by Gasteiger charge is -2.25. The Hall–Kier alpha value is -4.20. The number of hydrogen-bond donors (Lipinski definition) is 8. The fourth-order valence-corrected chi connectivity index (χ4v) is 3.09. The van der Waals surface area contributed by atoms with Crippen molar-refractivity contribution in [3.8, 4) is 5.75 Å². The maximum absolute atomic E-state index is 12.8. The molecule has 14 heteroatoms. The molecule has 0 saturated carbocycles. The first-order valence-corrected chi connectivity index (χ1v) is 10.9. The second-order valence-electron chi connectivity index (χ2n) is 8.44. The molecule has 1 aromatic carbocycles. The van der Waals surface area contributed by atoms with Crippen LogP contribution in [0.5, 0.6) is 5.75 Å². The zero-order valence-corrected chi connectivity index (χ0v) is 19.8. The van der Waals surface area contributed by atoms with Crippen molar-refractivity contribution in [3.63, 3.8) is 0 Å². The molecule has 0 spiro atoms. The molecule has 4 amide bonds. The molecule has 0 fully saturated rings. The largest absolute Gasteiger partial charge is 0.508 e. The summed E-state index contributed by atoms with van der Waals surface area (Å²) in [7, 11) is 0. The van der Waals surface area contributed by atoms with Gasteiger partial charge in [-0.05, 0) is 30.0 Å². The molecule has 0 heterocycles. The van der Waals surface area contributed by atoms with Crippen molar-refractivity contribution >= 4 is 35.6 Å². The summed E-state index contributed by atoms with van der Waals surface area (Å²) in [6, 6.07) is 0.0252. The van der Waals surface area contributed by atoms with Crippen LogP contribution in [-0.2, 0) is 35.2 Å². The summed E-state index contributed by atoms with van der Waals surface area (Å²) in [6.45, 7) is 3.04. The third-order valence-corrected chi connectivity index (χ3v) is 5.01. The molecule has 36 heavy (non-hydrogen) atoms. The Morgan fingerprint density at radius 1 is 0.833 bits per heavy atom. The van der Waals surface area contributed by atoms with Crippen molar-refractivity contribution in [2.45, 2.75) is 57.3 Å². The smallest absolute Gasteiger partial charge is 0.326 e. The molecule has 0 aliphatic carbocycles. The monoisotopic (exact) mass is 509 g/mol. The van der Waals surface area contributed by atoms with Gasteiger partial charge in [-0.1, -0.05) is 26.0 Å². The van der Waals surface area contributed by atoms with E-state index in [-0.39, 0.29) is 12.2 Å². The van der Waals surface area contributed by atoms with E-state index in [4.69, 9.17) is 16.6 Å². The van der Waals surface area contributed by atoms with Crippen molar-refractivity contribution in [1.29, 1.82) is 0 Å². The molecular formula is C22H31N5O9.